The molecule has 2 rings (SSSR count). The second-order valence-corrected chi connectivity index (χ2v) is 8.94. The van der Waals surface area contributed by atoms with Crippen molar-refractivity contribution in [1.82, 2.24) is 4.90 Å². The van der Waals surface area contributed by atoms with Gasteiger partial charge in [-0.1, -0.05) is 20.8 Å². The minimum atomic E-state index is -3.75. The summed E-state index contributed by atoms with van der Waals surface area (Å²) in [5.41, 5.74) is 0.103. The summed E-state index contributed by atoms with van der Waals surface area (Å²) in [4.78, 5) is 26.4. The average molecular weight is 367 g/mol. The maximum atomic E-state index is 12.4. The molecule has 25 heavy (non-hydrogen) atoms. The monoisotopic (exact) mass is 367 g/mol. The molecule has 0 saturated carbocycles. The van der Waals surface area contributed by atoms with Gasteiger partial charge >= 0.3 is 0 Å². The maximum absolute atomic E-state index is 12.4. The van der Waals surface area contributed by atoms with Crippen molar-refractivity contribution < 1.29 is 18.0 Å². The molecule has 0 spiro atoms. The molecule has 138 valence electrons. The molecule has 3 N–H and O–H groups in total. The van der Waals surface area contributed by atoms with Gasteiger partial charge in [-0.05, 0) is 37.1 Å². The Bertz CT molecular complexity index is 743. The van der Waals surface area contributed by atoms with Crippen molar-refractivity contribution in [2.45, 2.75) is 38.5 Å². The van der Waals surface area contributed by atoms with Crippen LogP contribution >= 0.6 is 0 Å². The van der Waals surface area contributed by atoms with Crippen LogP contribution in [-0.2, 0) is 19.6 Å². The van der Waals surface area contributed by atoms with E-state index in [1.165, 1.54) is 24.3 Å². The van der Waals surface area contributed by atoms with Gasteiger partial charge in [0.15, 0.2) is 0 Å². The van der Waals surface area contributed by atoms with E-state index in [1.54, 1.807) is 0 Å². The molecule has 1 aromatic rings. The number of rotatable bonds is 3. The lowest BCUT2D eigenvalue weighted by molar-refractivity contribution is -0.142. The molecule has 0 radical (unpaired) electrons. The first-order valence-corrected chi connectivity index (χ1v) is 9.76. The van der Waals surface area contributed by atoms with Gasteiger partial charge in [0, 0.05) is 30.1 Å². The van der Waals surface area contributed by atoms with Gasteiger partial charge in [0.25, 0.3) is 0 Å². The number of hydrogen-bond acceptors (Lipinski definition) is 4. The quantitative estimate of drug-likeness (QED) is 0.844. The van der Waals surface area contributed by atoms with Crippen LogP contribution in [0.15, 0.2) is 29.2 Å². The Morgan fingerprint density at radius 1 is 1.12 bits per heavy atom. The number of likely N-dealkylation sites (tertiary alicyclic amines) is 1. The smallest absolute Gasteiger partial charge is 0.238 e. The minimum absolute atomic E-state index is 0.000463. The highest BCUT2D eigenvalue weighted by atomic mass is 32.2. The third-order valence-corrected chi connectivity index (χ3v) is 5.17. The molecular formula is C17H25N3O4S. The first-order valence-electron chi connectivity index (χ1n) is 8.21. The molecule has 0 atom stereocenters. The number of anilines is 1. The molecule has 0 unspecified atom stereocenters. The molecule has 1 aliphatic rings. The Morgan fingerprint density at radius 2 is 1.64 bits per heavy atom. The minimum Gasteiger partial charge on any atom is -0.342 e. The highest BCUT2D eigenvalue weighted by Gasteiger charge is 2.32. The van der Waals surface area contributed by atoms with Gasteiger partial charge in [0.05, 0.1) is 4.90 Å². The van der Waals surface area contributed by atoms with Crippen LogP contribution < -0.4 is 10.5 Å². The van der Waals surface area contributed by atoms with Crippen LogP contribution in [0.1, 0.15) is 33.6 Å². The van der Waals surface area contributed by atoms with Crippen LogP contribution in [0.25, 0.3) is 0 Å². The van der Waals surface area contributed by atoms with E-state index in [1.807, 2.05) is 25.7 Å². The molecule has 2 amide bonds. The second kappa shape index (κ2) is 7.13. The molecule has 0 aliphatic carbocycles. The lowest BCUT2D eigenvalue weighted by Gasteiger charge is -2.35. The number of nitrogens with zero attached hydrogens (tertiary/aromatic N) is 1. The SMILES string of the molecule is CC(C)(C)C(=O)N1CCC(C(=O)Nc2ccc(S(N)(=O)=O)cc2)CC1. The summed E-state index contributed by atoms with van der Waals surface area (Å²) in [7, 11) is -3.75. The van der Waals surface area contributed by atoms with E-state index in [0.717, 1.165) is 0 Å². The third kappa shape index (κ3) is 5.02. The zero-order chi connectivity index (χ0) is 18.8. The summed E-state index contributed by atoms with van der Waals surface area (Å²) in [5, 5.41) is 7.83. The van der Waals surface area contributed by atoms with Crippen LogP contribution in [0.4, 0.5) is 5.69 Å². The van der Waals surface area contributed by atoms with Gasteiger partial charge in [-0.3, -0.25) is 9.59 Å². The standard InChI is InChI=1S/C17H25N3O4S/c1-17(2,3)16(22)20-10-8-12(9-11-20)15(21)19-13-4-6-14(7-5-13)25(18,23)24/h4-7,12H,8-11H2,1-3H3,(H,19,21)(H2,18,23,24). The van der Waals surface area contributed by atoms with E-state index in [-0.39, 0.29) is 22.6 Å². The molecule has 1 aliphatic heterocycles. The highest BCUT2D eigenvalue weighted by molar-refractivity contribution is 7.89. The Hall–Kier alpha value is -1.93. The predicted molar refractivity (Wildman–Crippen MR) is 95.2 cm³/mol. The zero-order valence-electron chi connectivity index (χ0n) is 14.8. The van der Waals surface area contributed by atoms with Crippen LogP contribution in [-0.4, -0.2) is 38.2 Å². The van der Waals surface area contributed by atoms with Crippen molar-refractivity contribution in [2.24, 2.45) is 16.5 Å². The lowest BCUT2D eigenvalue weighted by Crippen LogP contribution is -2.45. The number of carbonyl (C=O) groups is 2. The molecule has 1 heterocycles. The van der Waals surface area contributed by atoms with E-state index in [0.29, 0.717) is 31.6 Å². The summed E-state index contributed by atoms with van der Waals surface area (Å²) in [6.45, 7) is 6.80. The molecule has 0 aromatic heterocycles. The Morgan fingerprint density at radius 3 is 2.08 bits per heavy atom. The molecular weight excluding hydrogens is 342 g/mol. The van der Waals surface area contributed by atoms with E-state index in [4.69, 9.17) is 5.14 Å². The van der Waals surface area contributed by atoms with Crippen LogP contribution in [0.3, 0.4) is 0 Å². The highest BCUT2D eigenvalue weighted by Crippen LogP contribution is 2.24. The summed E-state index contributed by atoms with van der Waals surface area (Å²) >= 11 is 0. The third-order valence-electron chi connectivity index (χ3n) is 4.24. The molecule has 1 aromatic carbocycles. The first-order chi connectivity index (χ1) is 11.5. The number of nitrogens with two attached hydrogens (primary N) is 1. The lowest BCUT2D eigenvalue weighted by atomic mass is 9.90. The molecule has 1 saturated heterocycles. The van der Waals surface area contributed by atoms with Gasteiger partial charge in [0.2, 0.25) is 21.8 Å². The Labute approximate surface area is 148 Å². The Balaban J connectivity index is 1.92. The van der Waals surface area contributed by atoms with Crippen molar-refractivity contribution in [1.29, 1.82) is 0 Å². The number of primary sulfonamides is 1. The number of sulfonamides is 1. The zero-order valence-corrected chi connectivity index (χ0v) is 15.6. The van der Waals surface area contributed by atoms with E-state index >= 15 is 0 Å². The van der Waals surface area contributed by atoms with E-state index < -0.39 is 15.4 Å². The van der Waals surface area contributed by atoms with Crippen molar-refractivity contribution in [2.75, 3.05) is 18.4 Å². The molecule has 8 heteroatoms. The van der Waals surface area contributed by atoms with Gasteiger partial charge in [0.1, 0.15) is 0 Å². The summed E-state index contributed by atoms with van der Waals surface area (Å²) < 4.78 is 22.5. The first kappa shape index (κ1) is 19.4. The largest absolute Gasteiger partial charge is 0.342 e. The second-order valence-electron chi connectivity index (χ2n) is 7.38. The maximum Gasteiger partial charge on any atom is 0.238 e. The summed E-state index contributed by atoms with van der Waals surface area (Å²) in [5.74, 6) is -0.182. The van der Waals surface area contributed by atoms with Gasteiger partial charge in [-0.2, -0.15) is 0 Å². The van der Waals surface area contributed by atoms with E-state index in [9.17, 15) is 18.0 Å². The molecule has 0 bridgehead atoms. The van der Waals surface area contributed by atoms with Crippen LogP contribution in [0.2, 0.25) is 0 Å². The van der Waals surface area contributed by atoms with Crippen LogP contribution in [0.5, 0.6) is 0 Å². The predicted octanol–water partition coefficient (Wildman–Crippen LogP) is 1.56. The number of amides is 2. The molecule has 7 nitrogen and oxygen atoms in total. The fraction of sp³-hybridized carbons (Fsp3) is 0.529. The Kier molecular flexibility index (Phi) is 5.53. The normalized spacial score (nSPS) is 16.6. The van der Waals surface area contributed by atoms with Crippen molar-refractivity contribution >= 4 is 27.5 Å². The van der Waals surface area contributed by atoms with Crippen molar-refractivity contribution in [3.05, 3.63) is 24.3 Å². The summed E-state index contributed by atoms with van der Waals surface area (Å²) in [6, 6.07) is 5.73. The van der Waals surface area contributed by atoms with Crippen LogP contribution in [0, 0.1) is 11.3 Å². The average Bonchev–Trinajstić information content (AvgIpc) is 2.53. The fourth-order valence-electron chi connectivity index (χ4n) is 2.79. The van der Waals surface area contributed by atoms with Gasteiger partial charge < -0.3 is 10.2 Å². The topological polar surface area (TPSA) is 110 Å². The van der Waals surface area contributed by atoms with Gasteiger partial charge in [-0.25, -0.2) is 13.6 Å². The van der Waals surface area contributed by atoms with Crippen molar-refractivity contribution in [3.8, 4) is 0 Å². The number of carbonyl (C=O) groups excluding carboxylic acids is 2. The number of benzene rings is 1. The number of nitrogens with one attached hydrogen (secondary N) is 1. The number of piperidine rings is 1. The number of hydrogen-bond donors (Lipinski definition) is 2. The molecule has 1 fully saturated rings. The van der Waals surface area contributed by atoms with Gasteiger partial charge in [-0.15, -0.1) is 0 Å². The van der Waals surface area contributed by atoms with Crippen molar-refractivity contribution in [3.63, 3.8) is 0 Å². The fourth-order valence-corrected chi connectivity index (χ4v) is 3.31. The summed E-state index contributed by atoms with van der Waals surface area (Å²) in [6.07, 6.45) is 1.23. The van der Waals surface area contributed by atoms with E-state index in [2.05, 4.69) is 5.32 Å².